The molecule has 110 valence electrons. The highest BCUT2D eigenvalue weighted by Gasteiger charge is 2.15. The Morgan fingerprint density at radius 3 is 2.19 bits per heavy atom. The Morgan fingerprint density at radius 2 is 1.62 bits per heavy atom. The number of hydrogen-bond donors (Lipinski definition) is 0. The third-order valence-corrected chi connectivity index (χ3v) is 4.00. The molecular formula is C15H14O5S. The second-order valence-corrected chi connectivity index (χ2v) is 5.79. The van der Waals surface area contributed by atoms with Crippen molar-refractivity contribution in [3.8, 4) is 5.75 Å². The molecular weight excluding hydrogens is 292 g/mol. The highest BCUT2D eigenvalue weighted by Crippen LogP contribution is 2.19. The van der Waals surface area contributed by atoms with Gasteiger partial charge in [-0.05, 0) is 29.8 Å². The van der Waals surface area contributed by atoms with Crippen molar-refractivity contribution in [1.82, 2.24) is 0 Å². The first-order valence-electron chi connectivity index (χ1n) is 6.16. The summed E-state index contributed by atoms with van der Waals surface area (Å²) in [4.78, 5) is 11.2. The van der Waals surface area contributed by atoms with E-state index in [2.05, 4.69) is 4.74 Å². The van der Waals surface area contributed by atoms with E-state index in [0.717, 1.165) is 0 Å². The lowest BCUT2D eigenvalue weighted by Gasteiger charge is -2.07. The molecule has 0 aliphatic heterocycles. The average Bonchev–Trinajstić information content (AvgIpc) is 2.50. The predicted octanol–water partition coefficient (Wildman–Crippen LogP) is 2.17. The molecule has 0 aliphatic rings. The Morgan fingerprint density at radius 1 is 1.00 bits per heavy atom. The van der Waals surface area contributed by atoms with Gasteiger partial charge in [-0.2, -0.15) is 8.42 Å². The van der Waals surface area contributed by atoms with E-state index in [4.69, 9.17) is 4.18 Å². The van der Waals surface area contributed by atoms with Gasteiger partial charge in [0, 0.05) is 0 Å². The zero-order valence-electron chi connectivity index (χ0n) is 11.4. The van der Waals surface area contributed by atoms with Crippen molar-refractivity contribution >= 4 is 16.1 Å². The molecule has 0 amide bonds. The molecule has 0 aromatic heterocycles. The van der Waals surface area contributed by atoms with Crippen LogP contribution in [0.4, 0.5) is 0 Å². The molecule has 0 saturated carbocycles. The summed E-state index contributed by atoms with van der Waals surface area (Å²) in [7, 11) is -2.53. The first-order valence-corrected chi connectivity index (χ1v) is 7.57. The van der Waals surface area contributed by atoms with Crippen molar-refractivity contribution < 1.29 is 22.1 Å². The fourth-order valence-corrected chi connectivity index (χ4v) is 2.61. The molecule has 21 heavy (non-hydrogen) atoms. The van der Waals surface area contributed by atoms with E-state index >= 15 is 0 Å². The van der Waals surface area contributed by atoms with E-state index in [1.165, 1.54) is 31.4 Å². The summed E-state index contributed by atoms with van der Waals surface area (Å²) in [5.74, 6) is -0.173. The molecule has 2 rings (SSSR count). The predicted molar refractivity (Wildman–Crippen MR) is 76.4 cm³/mol. The zero-order chi connectivity index (χ0) is 15.3. The first-order chi connectivity index (χ1) is 10.0. The number of esters is 1. The second kappa shape index (κ2) is 6.41. The molecule has 0 saturated heterocycles. The van der Waals surface area contributed by atoms with Crippen LogP contribution < -0.4 is 4.18 Å². The number of carbonyl (C=O) groups excluding carboxylic acids is 1. The molecule has 0 bridgehead atoms. The van der Waals surface area contributed by atoms with E-state index in [1.54, 1.807) is 30.3 Å². The smallest absolute Gasteiger partial charge is 0.339 e. The minimum atomic E-state index is -3.85. The minimum Gasteiger partial charge on any atom is -0.469 e. The molecule has 2 aromatic carbocycles. The lowest BCUT2D eigenvalue weighted by Crippen LogP contribution is -2.09. The molecule has 0 aliphatic carbocycles. The Labute approximate surface area is 123 Å². The third kappa shape index (κ3) is 4.06. The van der Waals surface area contributed by atoms with Crippen molar-refractivity contribution in [2.45, 2.75) is 11.3 Å². The van der Waals surface area contributed by atoms with E-state index in [1.807, 2.05) is 0 Å². The molecule has 0 heterocycles. The maximum atomic E-state index is 12.0. The quantitative estimate of drug-likeness (QED) is 0.625. The van der Waals surface area contributed by atoms with Crippen LogP contribution >= 0.6 is 0 Å². The van der Waals surface area contributed by atoms with Crippen molar-refractivity contribution in [2.75, 3.05) is 7.11 Å². The standard InChI is InChI=1S/C15H14O5S/c1-19-15(16)11-12-7-9-13(10-8-12)20-21(17,18)14-5-3-2-4-6-14/h2-10H,11H2,1H3. The average molecular weight is 306 g/mol. The Kier molecular flexibility index (Phi) is 4.59. The van der Waals surface area contributed by atoms with Crippen LogP contribution in [0.1, 0.15) is 5.56 Å². The molecule has 6 heteroatoms. The molecule has 0 spiro atoms. The van der Waals surface area contributed by atoms with Crippen LogP contribution in [0, 0.1) is 0 Å². The SMILES string of the molecule is COC(=O)Cc1ccc(OS(=O)(=O)c2ccccc2)cc1. The molecule has 2 aromatic rings. The number of rotatable bonds is 5. The van der Waals surface area contributed by atoms with E-state index in [0.29, 0.717) is 5.56 Å². The summed E-state index contributed by atoms with van der Waals surface area (Å²) in [6.07, 6.45) is 0.127. The Hall–Kier alpha value is -2.34. The van der Waals surface area contributed by atoms with Crippen LogP contribution in [0.2, 0.25) is 0 Å². The molecule has 0 fully saturated rings. The van der Waals surface area contributed by atoms with Gasteiger partial charge in [0.05, 0.1) is 13.5 Å². The summed E-state index contributed by atoms with van der Waals surface area (Å²) in [5, 5.41) is 0. The molecule has 0 atom stereocenters. The van der Waals surface area contributed by atoms with Gasteiger partial charge in [-0.1, -0.05) is 30.3 Å². The monoisotopic (exact) mass is 306 g/mol. The van der Waals surface area contributed by atoms with Gasteiger partial charge in [-0.25, -0.2) is 0 Å². The van der Waals surface area contributed by atoms with Crippen molar-refractivity contribution in [1.29, 1.82) is 0 Å². The number of hydrogen-bond acceptors (Lipinski definition) is 5. The van der Waals surface area contributed by atoms with Gasteiger partial charge in [-0.15, -0.1) is 0 Å². The van der Waals surface area contributed by atoms with Crippen molar-refractivity contribution in [3.63, 3.8) is 0 Å². The molecule has 0 unspecified atom stereocenters. The highest BCUT2D eigenvalue weighted by atomic mass is 32.2. The minimum absolute atomic E-state index is 0.0867. The number of ether oxygens (including phenoxy) is 1. The number of methoxy groups -OCH3 is 1. The Bertz CT molecular complexity index is 705. The zero-order valence-corrected chi connectivity index (χ0v) is 12.2. The van der Waals surface area contributed by atoms with E-state index < -0.39 is 10.1 Å². The second-order valence-electron chi connectivity index (χ2n) is 4.25. The van der Waals surface area contributed by atoms with Crippen molar-refractivity contribution in [3.05, 3.63) is 60.2 Å². The summed E-state index contributed by atoms with van der Waals surface area (Å²) in [6, 6.07) is 14.1. The largest absolute Gasteiger partial charge is 0.469 e. The van der Waals surface area contributed by atoms with Crippen LogP contribution in [0.5, 0.6) is 5.75 Å². The third-order valence-electron chi connectivity index (χ3n) is 2.74. The van der Waals surface area contributed by atoms with Gasteiger partial charge in [-0.3, -0.25) is 4.79 Å². The topological polar surface area (TPSA) is 69.7 Å². The highest BCUT2D eigenvalue weighted by molar-refractivity contribution is 7.87. The van der Waals surface area contributed by atoms with Crippen LogP contribution in [0.3, 0.4) is 0 Å². The summed E-state index contributed by atoms with van der Waals surface area (Å²) in [5.41, 5.74) is 0.714. The van der Waals surface area contributed by atoms with Crippen LogP contribution in [0.25, 0.3) is 0 Å². The van der Waals surface area contributed by atoms with Crippen molar-refractivity contribution in [2.24, 2.45) is 0 Å². The fourth-order valence-electron chi connectivity index (χ4n) is 1.66. The lowest BCUT2D eigenvalue weighted by atomic mass is 10.1. The van der Waals surface area contributed by atoms with E-state index in [-0.39, 0.29) is 23.0 Å². The van der Waals surface area contributed by atoms with Gasteiger partial charge >= 0.3 is 16.1 Å². The van der Waals surface area contributed by atoms with Crippen LogP contribution in [-0.4, -0.2) is 21.5 Å². The Balaban J connectivity index is 2.12. The summed E-state index contributed by atoms with van der Waals surface area (Å²) < 4.78 is 33.6. The van der Waals surface area contributed by atoms with E-state index in [9.17, 15) is 13.2 Å². The number of benzene rings is 2. The number of carbonyl (C=O) groups is 1. The first kappa shape index (κ1) is 15.1. The van der Waals surface area contributed by atoms with Gasteiger partial charge < -0.3 is 8.92 Å². The molecule has 5 nitrogen and oxygen atoms in total. The summed E-state index contributed by atoms with van der Waals surface area (Å²) >= 11 is 0. The van der Waals surface area contributed by atoms with Crippen LogP contribution in [-0.2, 0) is 26.1 Å². The molecule has 0 radical (unpaired) electrons. The normalized spacial score (nSPS) is 10.9. The molecule has 0 N–H and O–H groups in total. The van der Waals surface area contributed by atoms with Crippen LogP contribution in [0.15, 0.2) is 59.5 Å². The summed E-state index contributed by atoms with van der Waals surface area (Å²) in [6.45, 7) is 0. The maximum absolute atomic E-state index is 12.0. The van der Waals surface area contributed by atoms with Gasteiger partial charge in [0.2, 0.25) is 0 Å². The lowest BCUT2D eigenvalue weighted by molar-refractivity contribution is -0.139. The van der Waals surface area contributed by atoms with Gasteiger partial charge in [0.1, 0.15) is 10.6 Å². The maximum Gasteiger partial charge on any atom is 0.339 e. The van der Waals surface area contributed by atoms with Gasteiger partial charge in [0.25, 0.3) is 0 Å². The fraction of sp³-hybridized carbons (Fsp3) is 0.133. The van der Waals surface area contributed by atoms with Gasteiger partial charge in [0.15, 0.2) is 0 Å².